The van der Waals surface area contributed by atoms with Gasteiger partial charge in [0, 0.05) is 24.4 Å². The fraction of sp³-hybridized carbons (Fsp3) is 0.333. The van der Waals surface area contributed by atoms with Crippen LogP contribution in [0.2, 0.25) is 0 Å². The van der Waals surface area contributed by atoms with E-state index in [0.717, 1.165) is 47.8 Å². The molecule has 0 bridgehead atoms. The maximum Gasteiger partial charge on any atom is 0.251 e. The van der Waals surface area contributed by atoms with Crippen molar-refractivity contribution in [2.45, 2.75) is 39.3 Å². The standard InChI is InChI=1S/C24H27N3O3/c1-17-12-18(2)27(26-17)21-8-4-7-20(14-21)24(28)25-15-19-6-3-9-22(13-19)30-16-23-10-5-11-29-23/h3-4,6-9,12-14,23H,5,10-11,15-16H2,1-2H3,(H,25,28)/t23-/m1/s1. The summed E-state index contributed by atoms with van der Waals surface area (Å²) in [4.78, 5) is 12.7. The number of hydrogen-bond donors (Lipinski definition) is 1. The normalized spacial score (nSPS) is 15.9. The third-order valence-corrected chi connectivity index (χ3v) is 5.17. The van der Waals surface area contributed by atoms with Crippen LogP contribution in [-0.4, -0.2) is 35.0 Å². The molecule has 0 aliphatic carbocycles. The van der Waals surface area contributed by atoms with E-state index >= 15 is 0 Å². The molecule has 1 saturated heterocycles. The lowest BCUT2D eigenvalue weighted by Crippen LogP contribution is -2.23. The monoisotopic (exact) mass is 405 g/mol. The lowest BCUT2D eigenvalue weighted by atomic mass is 10.1. The van der Waals surface area contributed by atoms with Gasteiger partial charge in [-0.25, -0.2) is 4.68 Å². The van der Waals surface area contributed by atoms with Crippen LogP contribution in [-0.2, 0) is 11.3 Å². The van der Waals surface area contributed by atoms with E-state index in [1.807, 2.05) is 73.1 Å². The smallest absolute Gasteiger partial charge is 0.251 e. The van der Waals surface area contributed by atoms with Crippen molar-refractivity contribution >= 4 is 5.91 Å². The summed E-state index contributed by atoms with van der Waals surface area (Å²) in [5.74, 6) is 0.674. The number of aryl methyl sites for hydroxylation is 2. The number of nitrogens with one attached hydrogen (secondary N) is 1. The molecule has 2 aromatic carbocycles. The molecule has 0 saturated carbocycles. The van der Waals surface area contributed by atoms with E-state index in [9.17, 15) is 4.79 Å². The summed E-state index contributed by atoms with van der Waals surface area (Å²) in [5.41, 5.74) is 4.44. The average molecular weight is 405 g/mol. The number of amides is 1. The predicted octanol–water partition coefficient (Wildman–Crippen LogP) is 3.98. The van der Waals surface area contributed by atoms with Crippen molar-refractivity contribution in [1.29, 1.82) is 0 Å². The zero-order valence-corrected chi connectivity index (χ0v) is 17.4. The Balaban J connectivity index is 1.37. The van der Waals surface area contributed by atoms with Crippen molar-refractivity contribution in [3.8, 4) is 11.4 Å². The number of ether oxygens (including phenoxy) is 2. The van der Waals surface area contributed by atoms with Crippen molar-refractivity contribution in [2.75, 3.05) is 13.2 Å². The summed E-state index contributed by atoms with van der Waals surface area (Å²) in [6.07, 6.45) is 2.33. The molecule has 2 heterocycles. The van der Waals surface area contributed by atoms with Crippen molar-refractivity contribution in [2.24, 2.45) is 0 Å². The van der Waals surface area contributed by atoms with Crippen molar-refractivity contribution in [3.05, 3.63) is 77.1 Å². The van der Waals surface area contributed by atoms with E-state index in [-0.39, 0.29) is 12.0 Å². The Kier molecular flexibility index (Phi) is 6.14. The number of benzene rings is 2. The first-order valence-corrected chi connectivity index (χ1v) is 10.3. The maximum atomic E-state index is 12.7. The van der Waals surface area contributed by atoms with Crippen LogP contribution in [0.15, 0.2) is 54.6 Å². The minimum atomic E-state index is -0.121. The Hall–Kier alpha value is -3.12. The van der Waals surface area contributed by atoms with Gasteiger partial charge in [-0.15, -0.1) is 0 Å². The van der Waals surface area contributed by atoms with Gasteiger partial charge in [-0.2, -0.15) is 5.10 Å². The van der Waals surface area contributed by atoms with Crippen molar-refractivity contribution in [1.82, 2.24) is 15.1 Å². The zero-order chi connectivity index (χ0) is 20.9. The van der Waals surface area contributed by atoms with E-state index in [1.165, 1.54) is 0 Å². The van der Waals surface area contributed by atoms with Crippen LogP contribution in [0.3, 0.4) is 0 Å². The third kappa shape index (κ3) is 4.89. The largest absolute Gasteiger partial charge is 0.491 e. The molecule has 3 aromatic rings. The highest BCUT2D eigenvalue weighted by molar-refractivity contribution is 5.94. The lowest BCUT2D eigenvalue weighted by Gasteiger charge is -2.13. The number of rotatable bonds is 7. The minimum absolute atomic E-state index is 0.121. The highest BCUT2D eigenvalue weighted by Crippen LogP contribution is 2.18. The van der Waals surface area contributed by atoms with Crippen LogP contribution in [0.25, 0.3) is 5.69 Å². The van der Waals surface area contributed by atoms with Crippen LogP contribution in [0.5, 0.6) is 5.75 Å². The Morgan fingerprint density at radius 2 is 2.07 bits per heavy atom. The highest BCUT2D eigenvalue weighted by atomic mass is 16.5. The fourth-order valence-electron chi connectivity index (χ4n) is 3.66. The first kappa shape index (κ1) is 20.2. The van der Waals surface area contributed by atoms with Crippen LogP contribution >= 0.6 is 0 Å². The predicted molar refractivity (Wildman–Crippen MR) is 115 cm³/mol. The molecule has 1 aromatic heterocycles. The molecule has 30 heavy (non-hydrogen) atoms. The summed E-state index contributed by atoms with van der Waals surface area (Å²) >= 11 is 0. The van der Waals surface area contributed by atoms with E-state index in [0.29, 0.717) is 18.7 Å². The molecule has 6 heteroatoms. The highest BCUT2D eigenvalue weighted by Gasteiger charge is 2.16. The Labute approximate surface area is 176 Å². The second-order valence-corrected chi connectivity index (χ2v) is 7.67. The quantitative estimate of drug-likeness (QED) is 0.646. The van der Waals surface area contributed by atoms with Gasteiger partial charge in [-0.1, -0.05) is 18.2 Å². The van der Waals surface area contributed by atoms with Gasteiger partial charge in [0.2, 0.25) is 0 Å². The Morgan fingerprint density at radius 3 is 2.83 bits per heavy atom. The molecule has 1 atom stereocenters. The van der Waals surface area contributed by atoms with E-state index < -0.39 is 0 Å². The average Bonchev–Trinajstić information content (AvgIpc) is 3.40. The molecule has 0 spiro atoms. The molecule has 0 unspecified atom stereocenters. The summed E-state index contributed by atoms with van der Waals surface area (Å²) in [5, 5.41) is 7.48. The second kappa shape index (κ2) is 9.13. The molecule has 1 aliphatic rings. The SMILES string of the molecule is Cc1cc(C)n(-c2cccc(C(=O)NCc3cccc(OC[C@H]4CCCO4)c3)c2)n1. The van der Waals surface area contributed by atoms with Crippen LogP contribution in [0.4, 0.5) is 0 Å². The molecule has 6 nitrogen and oxygen atoms in total. The van der Waals surface area contributed by atoms with E-state index in [2.05, 4.69) is 10.4 Å². The summed E-state index contributed by atoms with van der Waals surface area (Å²) in [7, 11) is 0. The molecule has 1 aliphatic heterocycles. The number of aromatic nitrogens is 2. The molecule has 1 amide bonds. The molecule has 1 fully saturated rings. The first-order valence-electron chi connectivity index (χ1n) is 10.3. The van der Waals surface area contributed by atoms with Gasteiger partial charge < -0.3 is 14.8 Å². The number of carbonyl (C=O) groups is 1. The van der Waals surface area contributed by atoms with Crippen LogP contribution in [0.1, 0.15) is 40.2 Å². The molecular weight excluding hydrogens is 378 g/mol. The maximum absolute atomic E-state index is 12.7. The van der Waals surface area contributed by atoms with Crippen molar-refractivity contribution < 1.29 is 14.3 Å². The molecule has 1 N–H and O–H groups in total. The Bertz CT molecular complexity index is 1020. The van der Waals surface area contributed by atoms with Gasteiger partial charge in [-0.3, -0.25) is 4.79 Å². The van der Waals surface area contributed by atoms with Gasteiger partial charge in [-0.05, 0) is 68.7 Å². The molecular formula is C24H27N3O3. The molecule has 4 rings (SSSR count). The molecule has 0 radical (unpaired) electrons. The van der Waals surface area contributed by atoms with Gasteiger partial charge in [0.1, 0.15) is 12.4 Å². The first-order chi connectivity index (χ1) is 14.6. The lowest BCUT2D eigenvalue weighted by molar-refractivity contribution is 0.0679. The number of hydrogen-bond acceptors (Lipinski definition) is 4. The van der Waals surface area contributed by atoms with Gasteiger partial charge in [0.25, 0.3) is 5.91 Å². The second-order valence-electron chi connectivity index (χ2n) is 7.67. The van der Waals surface area contributed by atoms with Gasteiger partial charge in [0.05, 0.1) is 17.5 Å². The topological polar surface area (TPSA) is 65.4 Å². The van der Waals surface area contributed by atoms with Gasteiger partial charge >= 0.3 is 0 Å². The minimum Gasteiger partial charge on any atom is -0.491 e. The summed E-state index contributed by atoms with van der Waals surface area (Å²) < 4.78 is 13.3. The molecule has 156 valence electrons. The van der Waals surface area contributed by atoms with Crippen LogP contribution in [0, 0.1) is 13.8 Å². The van der Waals surface area contributed by atoms with Crippen molar-refractivity contribution in [3.63, 3.8) is 0 Å². The number of carbonyl (C=O) groups excluding carboxylic acids is 1. The number of nitrogens with zero attached hydrogens (tertiary/aromatic N) is 2. The fourth-order valence-corrected chi connectivity index (χ4v) is 3.66. The van der Waals surface area contributed by atoms with E-state index in [4.69, 9.17) is 9.47 Å². The summed E-state index contributed by atoms with van der Waals surface area (Å²) in [6.45, 7) is 5.77. The summed E-state index contributed by atoms with van der Waals surface area (Å²) in [6, 6.07) is 17.3. The van der Waals surface area contributed by atoms with Crippen LogP contribution < -0.4 is 10.1 Å². The third-order valence-electron chi connectivity index (χ3n) is 5.17. The van der Waals surface area contributed by atoms with E-state index in [1.54, 1.807) is 0 Å². The zero-order valence-electron chi connectivity index (χ0n) is 17.4. The van der Waals surface area contributed by atoms with Gasteiger partial charge in [0.15, 0.2) is 0 Å². The Morgan fingerprint density at radius 1 is 1.20 bits per heavy atom.